The highest BCUT2D eigenvalue weighted by Gasteiger charge is 2.43. The van der Waals surface area contributed by atoms with E-state index in [2.05, 4.69) is 5.16 Å². The van der Waals surface area contributed by atoms with Crippen LogP contribution in [-0.4, -0.2) is 86.3 Å². The zero-order valence-electron chi connectivity index (χ0n) is 22.7. The molecule has 1 fully saturated rings. The third-order valence-corrected chi connectivity index (χ3v) is 9.07. The number of anilines is 2. The van der Waals surface area contributed by atoms with Crippen LogP contribution in [0, 0.1) is 5.41 Å². The first-order chi connectivity index (χ1) is 19.7. The predicted molar refractivity (Wildman–Crippen MR) is 144 cm³/mol. The van der Waals surface area contributed by atoms with Gasteiger partial charge in [0.2, 0.25) is 15.8 Å². The van der Waals surface area contributed by atoms with E-state index in [0.29, 0.717) is 44.8 Å². The van der Waals surface area contributed by atoms with Gasteiger partial charge in [-0.2, -0.15) is 13.2 Å². The lowest BCUT2D eigenvalue weighted by Crippen LogP contribution is -2.51. The van der Waals surface area contributed by atoms with Crippen molar-refractivity contribution >= 4 is 33.3 Å². The second-order valence-electron chi connectivity index (χ2n) is 10.0. The summed E-state index contributed by atoms with van der Waals surface area (Å²) in [5, 5.41) is 10.7. The number of rotatable bonds is 3. The molecule has 42 heavy (non-hydrogen) atoms. The number of likely N-dealkylation sites (tertiary alicyclic amines) is 1. The van der Waals surface area contributed by atoms with Crippen molar-refractivity contribution in [3.8, 4) is 5.75 Å². The second-order valence-corrected chi connectivity index (χ2v) is 12.1. The number of halogens is 3. The smallest absolute Gasteiger partial charge is 0.490 e. The van der Waals surface area contributed by atoms with Gasteiger partial charge in [-0.25, -0.2) is 17.5 Å². The zero-order chi connectivity index (χ0) is 30.7. The average molecular weight is 611 g/mol. The summed E-state index contributed by atoms with van der Waals surface area (Å²) in [4.78, 5) is 25.3. The number of benzene rings is 2. The molecule has 2 aliphatic heterocycles. The second kappa shape index (κ2) is 12.0. The minimum absolute atomic E-state index is 0.160. The van der Waals surface area contributed by atoms with Gasteiger partial charge >= 0.3 is 12.1 Å². The lowest BCUT2D eigenvalue weighted by Gasteiger charge is -2.44. The molecule has 1 N–H and O–H groups in total. The van der Waals surface area contributed by atoms with Gasteiger partial charge in [-0.05, 0) is 43.2 Å². The topological polar surface area (TPSA) is 133 Å². The van der Waals surface area contributed by atoms with Crippen molar-refractivity contribution in [2.75, 3.05) is 45.2 Å². The van der Waals surface area contributed by atoms with E-state index in [1.54, 1.807) is 30.1 Å². The number of hydrogen-bond acceptors (Lipinski definition) is 8. The van der Waals surface area contributed by atoms with Crippen LogP contribution in [0.15, 0.2) is 70.2 Å². The molecule has 1 aromatic heterocycles. The summed E-state index contributed by atoms with van der Waals surface area (Å²) >= 11 is 0. The lowest BCUT2D eigenvalue weighted by atomic mass is 9.79. The van der Waals surface area contributed by atoms with Crippen LogP contribution in [0.1, 0.15) is 23.4 Å². The van der Waals surface area contributed by atoms with Crippen LogP contribution in [-0.2, 0) is 14.8 Å². The Labute approximate surface area is 240 Å². The highest BCUT2D eigenvalue weighted by Crippen LogP contribution is 2.40. The van der Waals surface area contributed by atoms with Gasteiger partial charge in [0.1, 0.15) is 10.6 Å². The predicted octanol–water partition coefficient (Wildman–Crippen LogP) is 4.01. The number of piperidine rings is 1. The molecule has 1 spiro atoms. The highest BCUT2D eigenvalue weighted by atomic mass is 32.2. The summed E-state index contributed by atoms with van der Waals surface area (Å²) in [7, 11) is -0.262. The molecule has 1 saturated heterocycles. The monoisotopic (exact) mass is 610 g/mol. The molecule has 3 heterocycles. The Hall–Kier alpha value is -4.11. The number of para-hydroxylation sites is 1. The van der Waals surface area contributed by atoms with E-state index in [1.807, 2.05) is 48.3 Å². The molecule has 0 aliphatic carbocycles. The maximum absolute atomic E-state index is 13.6. The molecule has 11 nitrogen and oxygen atoms in total. The van der Waals surface area contributed by atoms with E-state index in [1.165, 1.54) is 10.5 Å². The SMILES string of the molecule is CN(c1ccccc1)c1ccc2c(c1)S(=O)(=O)N(C)CC1(CCN(C(=O)c3ccno3)CC1)CO2.O=C(O)C(F)(F)F. The third kappa shape index (κ3) is 6.68. The summed E-state index contributed by atoms with van der Waals surface area (Å²) in [5.41, 5.74) is 1.32. The summed E-state index contributed by atoms with van der Waals surface area (Å²) in [6.45, 7) is 1.67. The van der Waals surface area contributed by atoms with E-state index >= 15 is 0 Å². The van der Waals surface area contributed by atoms with Crippen molar-refractivity contribution in [1.82, 2.24) is 14.4 Å². The minimum Gasteiger partial charge on any atom is -0.492 e. The molecule has 0 unspecified atom stereocenters. The molecule has 0 atom stereocenters. The normalized spacial score (nSPS) is 18.0. The van der Waals surface area contributed by atoms with Crippen LogP contribution >= 0.6 is 0 Å². The van der Waals surface area contributed by atoms with Crippen molar-refractivity contribution in [2.45, 2.75) is 23.9 Å². The molecule has 226 valence electrons. The number of carboxylic acids is 1. The number of carbonyl (C=O) groups is 2. The van der Waals surface area contributed by atoms with Crippen LogP contribution in [0.2, 0.25) is 0 Å². The number of amides is 1. The number of ether oxygens (including phenoxy) is 1. The Balaban J connectivity index is 0.000000517. The number of aromatic nitrogens is 1. The third-order valence-electron chi connectivity index (χ3n) is 7.24. The summed E-state index contributed by atoms with van der Waals surface area (Å²) in [6, 6.07) is 16.6. The molecule has 5 rings (SSSR count). The number of carbonyl (C=O) groups excluding carboxylic acids is 1. The molecular weight excluding hydrogens is 581 g/mol. The minimum atomic E-state index is -5.08. The van der Waals surface area contributed by atoms with E-state index in [0.717, 1.165) is 11.4 Å². The van der Waals surface area contributed by atoms with Gasteiger partial charge in [-0.3, -0.25) is 4.79 Å². The van der Waals surface area contributed by atoms with Crippen LogP contribution < -0.4 is 9.64 Å². The molecule has 2 aromatic carbocycles. The van der Waals surface area contributed by atoms with E-state index < -0.39 is 27.6 Å². The average Bonchev–Trinajstić information content (AvgIpc) is 3.51. The maximum Gasteiger partial charge on any atom is 0.490 e. The standard InChI is InChI=1S/C25H28N4O5S.C2HF3O2/c1-27-17-25(11-14-29(15-12-25)24(30)22-10-13-26-34-22)18-33-21-9-8-20(16-23(21)35(27,31)32)28(2)19-6-4-3-5-7-19;3-2(4,5)1(6)7/h3-10,13,16H,11-12,14-15,17-18H2,1-2H3;(H,6,7). The van der Waals surface area contributed by atoms with E-state index in [-0.39, 0.29) is 16.6 Å². The van der Waals surface area contributed by atoms with Gasteiger partial charge in [-0.1, -0.05) is 23.4 Å². The van der Waals surface area contributed by atoms with Gasteiger partial charge in [0.05, 0.1) is 12.8 Å². The number of aliphatic carboxylic acids is 1. The Kier molecular flexibility index (Phi) is 8.82. The van der Waals surface area contributed by atoms with Crippen molar-refractivity contribution in [2.24, 2.45) is 5.41 Å². The number of alkyl halides is 3. The van der Waals surface area contributed by atoms with Crippen LogP contribution in [0.5, 0.6) is 5.75 Å². The molecular formula is C27H29F3N4O7S. The fraction of sp³-hybridized carbons (Fsp3) is 0.370. The van der Waals surface area contributed by atoms with Crippen molar-refractivity contribution in [3.05, 3.63) is 66.6 Å². The van der Waals surface area contributed by atoms with Gasteiger partial charge in [0, 0.05) is 56.6 Å². The number of hydrogen-bond donors (Lipinski definition) is 1. The van der Waals surface area contributed by atoms with Crippen LogP contribution in [0.3, 0.4) is 0 Å². The molecule has 3 aromatic rings. The van der Waals surface area contributed by atoms with Gasteiger partial charge < -0.3 is 24.2 Å². The number of sulfonamides is 1. The molecule has 0 saturated carbocycles. The molecule has 1 amide bonds. The summed E-state index contributed by atoms with van der Waals surface area (Å²) in [6.07, 6.45) is -2.39. The first-order valence-corrected chi connectivity index (χ1v) is 14.2. The van der Waals surface area contributed by atoms with Crippen molar-refractivity contribution in [1.29, 1.82) is 0 Å². The fourth-order valence-electron chi connectivity index (χ4n) is 4.80. The van der Waals surface area contributed by atoms with Gasteiger partial charge in [0.15, 0.2) is 0 Å². The Morgan fingerprint density at radius 3 is 2.26 bits per heavy atom. The van der Waals surface area contributed by atoms with Gasteiger partial charge in [0.25, 0.3) is 5.91 Å². The number of nitrogens with zero attached hydrogens (tertiary/aromatic N) is 4. The largest absolute Gasteiger partial charge is 0.492 e. The van der Waals surface area contributed by atoms with Crippen molar-refractivity contribution < 1.29 is 45.5 Å². The van der Waals surface area contributed by atoms with Crippen LogP contribution in [0.25, 0.3) is 0 Å². The first-order valence-electron chi connectivity index (χ1n) is 12.8. The Bertz CT molecular complexity index is 1510. The van der Waals surface area contributed by atoms with Crippen molar-refractivity contribution in [3.63, 3.8) is 0 Å². The molecule has 0 bridgehead atoms. The molecule has 15 heteroatoms. The fourth-order valence-corrected chi connectivity index (χ4v) is 6.23. The van der Waals surface area contributed by atoms with E-state index in [9.17, 15) is 26.4 Å². The molecule has 2 aliphatic rings. The lowest BCUT2D eigenvalue weighted by molar-refractivity contribution is -0.192. The van der Waals surface area contributed by atoms with E-state index in [4.69, 9.17) is 19.2 Å². The Morgan fingerprint density at radius 1 is 1.05 bits per heavy atom. The quantitative estimate of drug-likeness (QED) is 0.467. The maximum atomic E-state index is 13.6. The zero-order valence-corrected chi connectivity index (χ0v) is 23.6. The first kappa shape index (κ1) is 30.8. The Morgan fingerprint density at radius 2 is 1.69 bits per heavy atom. The van der Waals surface area contributed by atoms with Crippen LogP contribution in [0.4, 0.5) is 24.5 Å². The highest BCUT2D eigenvalue weighted by molar-refractivity contribution is 7.89. The number of fused-ring (bicyclic) bond motifs is 1. The number of carboxylic acid groups (broad SMARTS) is 1. The summed E-state index contributed by atoms with van der Waals surface area (Å²) in [5.74, 6) is -2.40. The summed E-state index contributed by atoms with van der Waals surface area (Å²) < 4.78 is 71.5. The van der Waals surface area contributed by atoms with Gasteiger partial charge in [-0.15, -0.1) is 0 Å². The molecule has 0 radical (unpaired) electrons.